The zero-order valence-electron chi connectivity index (χ0n) is 19.0. The van der Waals surface area contributed by atoms with Crippen LogP contribution in [0.1, 0.15) is 15.9 Å². The molecule has 0 radical (unpaired) electrons. The van der Waals surface area contributed by atoms with E-state index in [4.69, 9.17) is 51.1 Å². The van der Waals surface area contributed by atoms with Crippen LogP contribution in [0, 0.1) is 0 Å². The number of para-hydroxylation sites is 1. The van der Waals surface area contributed by atoms with Gasteiger partial charge in [0.1, 0.15) is 6.04 Å². The predicted molar refractivity (Wildman–Crippen MR) is 142 cm³/mol. The number of imidazole rings is 1. The third-order valence-electron chi connectivity index (χ3n) is 5.69. The summed E-state index contributed by atoms with van der Waals surface area (Å²) in [5, 5.41) is 3.45. The number of nitrogens with zero attached hydrogens (tertiary/aromatic N) is 2. The second-order valence-electron chi connectivity index (χ2n) is 7.95. The average molecular weight is 567 g/mol. The van der Waals surface area contributed by atoms with Gasteiger partial charge in [0.15, 0.2) is 0 Å². The van der Waals surface area contributed by atoms with Crippen LogP contribution < -0.4 is 11.0 Å². The van der Waals surface area contributed by atoms with E-state index in [9.17, 15) is 14.4 Å². The molecule has 186 valence electrons. The Morgan fingerprint density at radius 2 is 1.61 bits per heavy atom. The Balaban J connectivity index is 1.62. The van der Waals surface area contributed by atoms with E-state index in [0.29, 0.717) is 27.3 Å². The summed E-state index contributed by atoms with van der Waals surface area (Å²) in [6, 6.07) is 14.0. The lowest BCUT2D eigenvalue weighted by atomic mass is 10.0. The molecular weight excluding hydrogens is 548 g/mol. The second kappa shape index (κ2) is 10.6. The molecule has 1 atom stereocenters. The Morgan fingerprint density at radius 3 is 2.22 bits per heavy atom. The Kier molecular flexibility index (Phi) is 7.66. The highest BCUT2D eigenvalue weighted by molar-refractivity contribution is 6.42. The molecule has 7 nitrogen and oxygen atoms in total. The van der Waals surface area contributed by atoms with E-state index >= 15 is 0 Å². The summed E-state index contributed by atoms with van der Waals surface area (Å²) in [7, 11) is 2.90. The molecule has 0 saturated carbocycles. The minimum Gasteiger partial charge on any atom is -0.467 e. The van der Waals surface area contributed by atoms with Crippen molar-refractivity contribution in [2.24, 2.45) is 7.05 Å². The van der Waals surface area contributed by atoms with Gasteiger partial charge in [-0.3, -0.25) is 13.9 Å². The molecule has 4 rings (SSSR count). The number of halogens is 4. The number of hydrogen-bond acceptors (Lipinski definition) is 4. The number of methoxy groups -OCH3 is 1. The normalized spacial score (nSPS) is 11.9. The van der Waals surface area contributed by atoms with Gasteiger partial charge in [0.25, 0.3) is 5.91 Å². The minimum absolute atomic E-state index is 0.000746. The van der Waals surface area contributed by atoms with E-state index < -0.39 is 17.9 Å². The average Bonchev–Trinajstić information content (AvgIpc) is 3.09. The molecule has 0 spiro atoms. The summed E-state index contributed by atoms with van der Waals surface area (Å²) in [6.07, 6.45) is 0.118. The van der Waals surface area contributed by atoms with E-state index in [1.807, 2.05) is 6.07 Å². The molecule has 1 N–H and O–H groups in total. The minimum atomic E-state index is -1.02. The molecule has 0 aliphatic carbocycles. The van der Waals surface area contributed by atoms with E-state index in [1.165, 1.54) is 28.4 Å². The fraction of sp³-hybridized carbons (Fsp3) is 0.160. The van der Waals surface area contributed by atoms with Crippen LogP contribution in [0.25, 0.3) is 16.7 Å². The molecular formula is C25H19Cl4N3O4. The lowest BCUT2D eigenvalue weighted by molar-refractivity contribution is -0.142. The Bertz CT molecular complexity index is 1520. The summed E-state index contributed by atoms with van der Waals surface area (Å²) < 4.78 is 7.91. The van der Waals surface area contributed by atoms with Gasteiger partial charge in [-0.1, -0.05) is 64.6 Å². The summed E-state index contributed by atoms with van der Waals surface area (Å²) >= 11 is 24.6. The Labute approximate surface area is 226 Å². The van der Waals surface area contributed by atoms with Crippen LogP contribution in [-0.4, -0.2) is 34.2 Å². The van der Waals surface area contributed by atoms with Crippen molar-refractivity contribution in [3.63, 3.8) is 0 Å². The fourth-order valence-electron chi connectivity index (χ4n) is 3.93. The van der Waals surface area contributed by atoms with Crippen molar-refractivity contribution in [1.29, 1.82) is 0 Å². The van der Waals surface area contributed by atoms with Crippen molar-refractivity contribution < 1.29 is 14.3 Å². The van der Waals surface area contributed by atoms with Crippen LogP contribution in [0.4, 0.5) is 0 Å². The number of aryl methyl sites for hydroxylation is 1. The number of carbonyl (C=O) groups is 2. The largest absolute Gasteiger partial charge is 0.467 e. The van der Waals surface area contributed by atoms with Gasteiger partial charge in [0.2, 0.25) is 0 Å². The van der Waals surface area contributed by atoms with E-state index in [-0.39, 0.29) is 32.7 Å². The van der Waals surface area contributed by atoms with Gasteiger partial charge in [0, 0.05) is 18.5 Å². The molecule has 0 bridgehead atoms. The van der Waals surface area contributed by atoms with Gasteiger partial charge in [-0.15, -0.1) is 0 Å². The van der Waals surface area contributed by atoms with Crippen LogP contribution in [0.2, 0.25) is 20.1 Å². The van der Waals surface area contributed by atoms with Crippen LogP contribution in [0.15, 0.2) is 59.4 Å². The number of esters is 1. The summed E-state index contributed by atoms with van der Waals surface area (Å²) in [4.78, 5) is 38.2. The molecule has 36 heavy (non-hydrogen) atoms. The molecule has 1 heterocycles. The Hall–Kier alpha value is -2.97. The highest BCUT2D eigenvalue weighted by Gasteiger charge is 2.25. The first-order valence-corrected chi connectivity index (χ1v) is 12.1. The third kappa shape index (κ3) is 4.97. The molecule has 0 fully saturated rings. The van der Waals surface area contributed by atoms with Crippen molar-refractivity contribution in [1.82, 2.24) is 14.5 Å². The van der Waals surface area contributed by atoms with Gasteiger partial charge in [0.05, 0.1) is 44.5 Å². The number of rotatable bonds is 6. The number of fused-ring (bicyclic) bond motifs is 1. The molecule has 3 aromatic carbocycles. The number of nitrogens with one attached hydrogen (secondary N) is 1. The highest BCUT2D eigenvalue weighted by atomic mass is 35.5. The van der Waals surface area contributed by atoms with Gasteiger partial charge in [-0.2, -0.15) is 0 Å². The summed E-state index contributed by atoms with van der Waals surface area (Å²) in [5.74, 6) is -1.30. The standard InChI is InChI=1S/C25H19Cl4N3O4/c1-31-20-5-3-4-16(27)22(20)32(25(31)35)15-8-6-13(7-9-15)10-19(24(34)36-2)30-23(33)21-17(28)11-14(26)12-18(21)29/h3-9,11-12,19H,10H2,1-2H3,(H,30,33). The first kappa shape index (κ1) is 26.1. The van der Waals surface area contributed by atoms with Crippen molar-refractivity contribution >= 4 is 69.3 Å². The maximum absolute atomic E-state index is 12.9. The monoisotopic (exact) mass is 565 g/mol. The van der Waals surface area contributed by atoms with Gasteiger partial charge < -0.3 is 10.1 Å². The van der Waals surface area contributed by atoms with Crippen molar-refractivity contribution in [3.8, 4) is 5.69 Å². The lowest BCUT2D eigenvalue weighted by Gasteiger charge is -2.18. The number of amides is 1. The first-order valence-electron chi connectivity index (χ1n) is 10.6. The Morgan fingerprint density at radius 1 is 0.972 bits per heavy atom. The second-order valence-corrected chi connectivity index (χ2v) is 9.61. The summed E-state index contributed by atoms with van der Waals surface area (Å²) in [5.41, 5.74) is 2.35. The zero-order valence-corrected chi connectivity index (χ0v) is 22.0. The van der Waals surface area contributed by atoms with Crippen molar-refractivity contribution in [2.75, 3.05) is 7.11 Å². The van der Waals surface area contributed by atoms with Crippen molar-refractivity contribution in [3.05, 3.63) is 96.3 Å². The molecule has 1 unspecified atom stereocenters. The third-order valence-corrected chi connectivity index (χ3v) is 6.81. The fourth-order valence-corrected chi connectivity index (χ4v) is 5.17. The van der Waals surface area contributed by atoms with E-state index in [0.717, 1.165) is 0 Å². The molecule has 0 saturated heterocycles. The zero-order chi connectivity index (χ0) is 26.1. The molecule has 0 aliphatic rings. The number of hydrogen-bond donors (Lipinski definition) is 1. The number of benzene rings is 3. The maximum Gasteiger partial charge on any atom is 0.333 e. The van der Waals surface area contributed by atoms with Crippen LogP contribution in [0.3, 0.4) is 0 Å². The van der Waals surface area contributed by atoms with E-state index in [2.05, 4.69) is 5.32 Å². The molecule has 0 aliphatic heterocycles. The van der Waals surface area contributed by atoms with Crippen LogP contribution >= 0.6 is 46.4 Å². The number of ether oxygens (including phenoxy) is 1. The van der Waals surface area contributed by atoms with Crippen molar-refractivity contribution in [2.45, 2.75) is 12.5 Å². The quantitative estimate of drug-likeness (QED) is 0.314. The maximum atomic E-state index is 12.9. The molecule has 4 aromatic rings. The topological polar surface area (TPSA) is 82.3 Å². The van der Waals surface area contributed by atoms with Crippen LogP contribution in [-0.2, 0) is 23.0 Å². The SMILES string of the molecule is COC(=O)C(Cc1ccc(-n2c(=O)n(C)c3cccc(Cl)c32)cc1)NC(=O)c1c(Cl)cc(Cl)cc1Cl. The van der Waals surface area contributed by atoms with Gasteiger partial charge >= 0.3 is 11.7 Å². The lowest BCUT2D eigenvalue weighted by Crippen LogP contribution is -2.43. The number of aromatic nitrogens is 2. The molecule has 1 amide bonds. The van der Waals surface area contributed by atoms with Crippen LogP contribution in [0.5, 0.6) is 0 Å². The van der Waals surface area contributed by atoms with Gasteiger partial charge in [-0.25, -0.2) is 9.59 Å². The predicted octanol–water partition coefficient (Wildman–Crippen LogP) is 5.46. The van der Waals surface area contributed by atoms with E-state index in [1.54, 1.807) is 43.4 Å². The highest BCUT2D eigenvalue weighted by Crippen LogP contribution is 2.29. The summed E-state index contributed by atoms with van der Waals surface area (Å²) in [6.45, 7) is 0. The number of carbonyl (C=O) groups excluding carboxylic acids is 2. The molecule has 1 aromatic heterocycles. The molecule has 11 heteroatoms. The van der Waals surface area contributed by atoms with Gasteiger partial charge in [-0.05, 0) is 42.0 Å². The first-order chi connectivity index (χ1) is 17.1. The smallest absolute Gasteiger partial charge is 0.333 e.